The third-order valence-electron chi connectivity index (χ3n) is 4.16. The summed E-state index contributed by atoms with van der Waals surface area (Å²) in [7, 11) is 3.00. The van der Waals surface area contributed by atoms with Crippen LogP contribution >= 0.6 is 22.7 Å². The topological polar surface area (TPSA) is 129 Å². The molecular formula is C21H22N4O6S2. The third-order valence-corrected chi connectivity index (χ3v) is 5.77. The van der Waals surface area contributed by atoms with Crippen molar-refractivity contribution in [2.45, 2.75) is 19.8 Å². The fourth-order valence-corrected chi connectivity index (χ4v) is 4.12. The van der Waals surface area contributed by atoms with Crippen LogP contribution in [0.25, 0.3) is 0 Å². The minimum Gasteiger partial charge on any atom is -0.497 e. The minimum absolute atomic E-state index is 0.00609. The molecule has 0 saturated heterocycles. The fraction of sp³-hybridized carbons (Fsp3) is 0.286. The number of hydrogen-bond donors (Lipinski definition) is 2. The van der Waals surface area contributed by atoms with Gasteiger partial charge >= 0.3 is 5.97 Å². The second kappa shape index (κ2) is 11.4. The number of rotatable bonds is 10. The van der Waals surface area contributed by atoms with Crippen molar-refractivity contribution < 1.29 is 28.6 Å². The van der Waals surface area contributed by atoms with Gasteiger partial charge < -0.3 is 19.5 Å². The van der Waals surface area contributed by atoms with Gasteiger partial charge in [0.05, 0.1) is 45.1 Å². The van der Waals surface area contributed by atoms with E-state index in [1.807, 2.05) is 0 Å². The Labute approximate surface area is 197 Å². The monoisotopic (exact) mass is 490 g/mol. The van der Waals surface area contributed by atoms with Crippen LogP contribution in [-0.2, 0) is 27.2 Å². The Morgan fingerprint density at radius 3 is 2.03 bits per heavy atom. The number of nitrogens with zero attached hydrogens (tertiary/aromatic N) is 2. The van der Waals surface area contributed by atoms with Crippen LogP contribution in [-0.4, -0.2) is 48.6 Å². The number of esters is 1. The van der Waals surface area contributed by atoms with Gasteiger partial charge in [0.2, 0.25) is 5.91 Å². The minimum atomic E-state index is -0.380. The molecule has 0 atom stereocenters. The first kappa shape index (κ1) is 24.1. The lowest BCUT2D eigenvalue weighted by Gasteiger charge is -2.08. The first-order chi connectivity index (χ1) is 15.9. The zero-order valence-electron chi connectivity index (χ0n) is 18.2. The Morgan fingerprint density at radius 2 is 1.45 bits per heavy atom. The molecule has 0 bridgehead atoms. The highest BCUT2D eigenvalue weighted by atomic mass is 32.1. The van der Waals surface area contributed by atoms with Crippen LogP contribution in [0.2, 0.25) is 0 Å². The molecule has 174 valence electrons. The zero-order chi connectivity index (χ0) is 23.8. The number of benzene rings is 1. The first-order valence-corrected chi connectivity index (χ1v) is 11.5. The summed E-state index contributed by atoms with van der Waals surface area (Å²) in [6.45, 7) is 2.03. The van der Waals surface area contributed by atoms with Crippen molar-refractivity contribution in [3.05, 3.63) is 45.9 Å². The van der Waals surface area contributed by atoms with Crippen molar-refractivity contribution in [3.63, 3.8) is 0 Å². The van der Waals surface area contributed by atoms with Gasteiger partial charge in [-0.3, -0.25) is 19.7 Å². The van der Waals surface area contributed by atoms with E-state index >= 15 is 0 Å². The second-order valence-electron chi connectivity index (χ2n) is 6.55. The summed E-state index contributed by atoms with van der Waals surface area (Å²) in [6, 6.07) is 4.84. The van der Waals surface area contributed by atoms with E-state index < -0.39 is 0 Å². The second-order valence-corrected chi connectivity index (χ2v) is 8.27. The van der Waals surface area contributed by atoms with Crippen molar-refractivity contribution in [1.82, 2.24) is 9.97 Å². The molecule has 2 heterocycles. The molecule has 0 aliphatic heterocycles. The van der Waals surface area contributed by atoms with E-state index in [1.54, 1.807) is 35.9 Å². The van der Waals surface area contributed by atoms with Gasteiger partial charge in [-0.15, -0.1) is 22.7 Å². The summed E-state index contributed by atoms with van der Waals surface area (Å²) in [5, 5.41) is 9.51. The molecule has 10 nitrogen and oxygen atoms in total. The lowest BCUT2D eigenvalue weighted by molar-refractivity contribution is -0.142. The Bertz CT molecular complexity index is 1120. The van der Waals surface area contributed by atoms with Gasteiger partial charge in [-0.05, 0) is 19.1 Å². The van der Waals surface area contributed by atoms with Gasteiger partial charge in [0, 0.05) is 22.4 Å². The molecule has 0 saturated carbocycles. The van der Waals surface area contributed by atoms with E-state index in [-0.39, 0.29) is 30.6 Å². The van der Waals surface area contributed by atoms with Crippen molar-refractivity contribution in [2.24, 2.45) is 0 Å². The lowest BCUT2D eigenvalue weighted by atomic mass is 10.2. The number of methoxy groups -OCH3 is 2. The van der Waals surface area contributed by atoms with Gasteiger partial charge in [0.25, 0.3) is 5.91 Å². The van der Waals surface area contributed by atoms with Gasteiger partial charge in [0.15, 0.2) is 10.3 Å². The molecule has 0 radical (unpaired) electrons. The van der Waals surface area contributed by atoms with E-state index in [4.69, 9.17) is 14.2 Å². The molecule has 3 aromatic rings. The van der Waals surface area contributed by atoms with Crippen molar-refractivity contribution >= 4 is 50.7 Å². The quantitative estimate of drug-likeness (QED) is 0.415. The maximum absolute atomic E-state index is 12.6. The number of anilines is 2. The molecule has 12 heteroatoms. The summed E-state index contributed by atoms with van der Waals surface area (Å²) in [5.41, 5.74) is 1.38. The smallest absolute Gasteiger partial charge is 0.311 e. The number of amides is 2. The number of hydrogen-bond acceptors (Lipinski definition) is 10. The third kappa shape index (κ3) is 6.99. The van der Waals surface area contributed by atoms with E-state index in [0.717, 1.165) is 0 Å². The van der Waals surface area contributed by atoms with E-state index in [0.29, 0.717) is 45.3 Å². The predicted molar refractivity (Wildman–Crippen MR) is 124 cm³/mol. The maximum Gasteiger partial charge on any atom is 0.311 e. The molecular weight excluding hydrogens is 468 g/mol. The summed E-state index contributed by atoms with van der Waals surface area (Å²) in [4.78, 5) is 44.9. The first-order valence-electron chi connectivity index (χ1n) is 9.78. The Kier molecular flexibility index (Phi) is 8.33. The van der Waals surface area contributed by atoms with Crippen LogP contribution < -0.4 is 20.1 Å². The Balaban J connectivity index is 1.55. The molecule has 0 aliphatic carbocycles. The van der Waals surface area contributed by atoms with Crippen LogP contribution in [0, 0.1) is 0 Å². The summed E-state index contributed by atoms with van der Waals surface area (Å²) < 4.78 is 15.2. The van der Waals surface area contributed by atoms with E-state index in [1.165, 1.54) is 36.9 Å². The van der Waals surface area contributed by atoms with Crippen molar-refractivity contribution in [1.29, 1.82) is 0 Å². The van der Waals surface area contributed by atoms with Crippen molar-refractivity contribution in [3.8, 4) is 11.5 Å². The molecule has 33 heavy (non-hydrogen) atoms. The Hall–Kier alpha value is -3.51. The van der Waals surface area contributed by atoms with Gasteiger partial charge in [-0.1, -0.05) is 0 Å². The molecule has 0 aliphatic rings. The highest BCUT2D eigenvalue weighted by Crippen LogP contribution is 2.24. The lowest BCUT2D eigenvalue weighted by Crippen LogP contribution is -2.15. The maximum atomic E-state index is 12.6. The standard InChI is InChI=1S/C21H22N4O6S2/c1-4-31-18(27)8-14-11-32-20(23-14)24-17(26)7-13-10-33-21(22-13)25-19(28)12-5-15(29-2)9-16(6-12)30-3/h5-6,9-11H,4,7-8H2,1-3H3,(H,22,25,28)(H,23,24,26). The molecule has 0 spiro atoms. The van der Waals surface area contributed by atoms with Crippen LogP contribution in [0.5, 0.6) is 11.5 Å². The number of thiazole rings is 2. The summed E-state index contributed by atoms with van der Waals surface area (Å²) in [6.07, 6.45) is 0.0562. The largest absolute Gasteiger partial charge is 0.497 e. The molecule has 2 amide bonds. The molecule has 0 unspecified atom stereocenters. The highest BCUT2D eigenvalue weighted by molar-refractivity contribution is 7.14. The normalized spacial score (nSPS) is 10.4. The molecule has 2 N–H and O–H groups in total. The summed E-state index contributed by atoms with van der Waals surface area (Å²) in [5.74, 6) is -0.0838. The predicted octanol–water partition coefficient (Wildman–Crippen LogP) is 3.16. The number of aromatic nitrogens is 2. The van der Waals surface area contributed by atoms with Crippen LogP contribution in [0.15, 0.2) is 29.0 Å². The number of carbonyl (C=O) groups excluding carboxylic acids is 3. The van der Waals surface area contributed by atoms with Crippen LogP contribution in [0.1, 0.15) is 28.7 Å². The van der Waals surface area contributed by atoms with Crippen molar-refractivity contribution in [2.75, 3.05) is 31.5 Å². The van der Waals surface area contributed by atoms with Crippen LogP contribution in [0.3, 0.4) is 0 Å². The van der Waals surface area contributed by atoms with Gasteiger partial charge in [-0.2, -0.15) is 0 Å². The summed E-state index contributed by atoms with van der Waals surface area (Å²) >= 11 is 2.43. The number of carbonyl (C=O) groups is 3. The molecule has 1 aromatic carbocycles. The highest BCUT2D eigenvalue weighted by Gasteiger charge is 2.15. The van der Waals surface area contributed by atoms with E-state index in [2.05, 4.69) is 20.6 Å². The number of ether oxygens (including phenoxy) is 3. The Morgan fingerprint density at radius 1 is 0.879 bits per heavy atom. The molecule has 2 aromatic heterocycles. The zero-order valence-corrected chi connectivity index (χ0v) is 19.8. The molecule has 0 fully saturated rings. The van der Waals surface area contributed by atoms with Gasteiger partial charge in [0.1, 0.15) is 11.5 Å². The average Bonchev–Trinajstić information content (AvgIpc) is 3.42. The fourth-order valence-electron chi connectivity index (χ4n) is 2.69. The SMILES string of the molecule is CCOC(=O)Cc1csc(NC(=O)Cc2csc(NC(=O)c3cc(OC)cc(OC)c3)n2)n1. The number of nitrogens with one attached hydrogen (secondary N) is 2. The average molecular weight is 491 g/mol. The van der Waals surface area contributed by atoms with E-state index in [9.17, 15) is 14.4 Å². The molecule has 3 rings (SSSR count). The van der Waals surface area contributed by atoms with Gasteiger partial charge in [-0.25, -0.2) is 9.97 Å². The van der Waals surface area contributed by atoms with Crippen LogP contribution in [0.4, 0.5) is 10.3 Å².